The minimum absolute atomic E-state index is 0.0206. The first kappa shape index (κ1) is 24.7. The van der Waals surface area contributed by atoms with Crippen LogP contribution in [-0.2, 0) is 21.2 Å². The first-order chi connectivity index (χ1) is 16.9. The van der Waals surface area contributed by atoms with E-state index in [1.54, 1.807) is 30.3 Å². The third-order valence-electron chi connectivity index (χ3n) is 5.24. The van der Waals surface area contributed by atoms with Gasteiger partial charge in [0.2, 0.25) is 10.0 Å². The quantitative estimate of drug-likeness (QED) is 0.349. The summed E-state index contributed by atoms with van der Waals surface area (Å²) in [4.78, 5) is 12.6. The first-order valence-corrected chi connectivity index (χ1v) is 12.7. The number of sulfonamides is 1. The SMILES string of the molecule is O=C(CN(CCc1ccccc1)S(=O)(=O)c1ccc2c(c1)OCCO2)N/N=C\c1ccc(Cl)cc1. The Labute approximate surface area is 209 Å². The second kappa shape index (κ2) is 11.4. The van der Waals surface area contributed by atoms with Crippen LogP contribution in [0.25, 0.3) is 0 Å². The number of hydrazone groups is 1. The number of rotatable bonds is 9. The molecule has 8 nitrogen and oxygen atoms in total. The number of ether oxygens (including phenoxy) is 2. The highest BCUT2D eigenvalue weighted by Gasteiger charge is 2.28. The Kier molecular flexibility index (Phi) is 8.02. The average Bonchev–Trinajstić information content (AvgIpc) is 2.88. The topological polar surface area (TPSA) is 97.3 Å². The van der Waals surface area contributed by atoms with E-state index in [9.17, 15) is 13.2 Å². The molecule has 3 aromatic rings. The molecule has 0 bridgehead atoms. The zero-order chi connectivity index (χ0) is 24.7. The van der Waals surface area contributed by atoms with Gasteiger partial charge < -0.3 is 9.47 Å². The molecular formula is C25H24ClN3O5S. The lowest BCUT2D eigenvalue weighted by Gasteiger charge is -2.23. The van der Waals surface area contributed by atoms with Crippen LogP contribution in [-0.4, -0.2) is 51.1 Å². The first-order valence-electron chi connectivity index (χ1n) is 10.9. The van der Waals surface area contributed by atoms with E-state index in [4.69, 9.17) is 21.1 Å². The van der Waals surface area contributed by atoms with Crippen LogP contribution < -0.4 is 14.9 Å². The van der Waals surface area contributed by atoms with E-state index in [0.717, 1.165) is 15.4 Å². The van der Waals surface area contributed by atoms with E-state index in [1.807, 2.05) is 30.3 Å². The van der Waals surface area contributed by atoms with Crippen LogP contribution in [0.3, 0.4) is 0 Å². The van der Waals surface area contributed by atoms with E-state index < -0.39 is 22.5 Å². The zero-order valence-electron chi connectivity index (χ0n) is 18.8. The second-order valence-corrected chi connectivity index (χ2v) is 10.1. The number of hydrogen-bond donors (Lipinski definition) is 1. The van der Waals surface area contributed by atoms with E-state index in [1.165, 1.54) is 18.3 Å². The summed E-state index contributed by atoms with van der Waals surface area (Å²) in [5, 5.41) is 4.52. The van der Waals surface area contributed by atoms with Crippen LogP contribution in [0.4, 0.5) is 0 Å². The molecule has 35 heavy (non-hydrogen) atoms. The van der Waals surface area contributed by atoms with Crippen molar-refractivity contribution in [2.45, 2.75) is 11.3 Å². The van der Waals surface area contributed by atoms with Crippen molar-refractivity contribution < 1.29 is 22.7 Å². The molecule has 1 N–H and O–H groups in total. The Balaban J connectivity index is 1.50. The Morgan fingerprint density at radius 3 is 2.46 bits per heavy atom. The Bertz CT molecular complexity index is 1300. The predicted octanol–water partition coefficient (Wildman–Crippen LogP) is 3.49. The molecule has 0 unspecified atom stereocenters. The Morgan fingerprint density at radius 1 is 1.00 bits per heavy atom. The lowest BCUT2D eigenvalue weighted by atomic mass is 10.1. The standard InChI is InChI=1S/C25H24ClN3O5S/c26-21-8-6-20(7-9-21)17-27-28-25(30)18-29(13-12-19-4-2-1-3-5-19)35(31,32)22-10-11-23-24(16-22)34-15-14-33-23/h1-11,16-17H,12-15,18H2,(H,28,30)/b27-17-. The van der Waals surface area contributed by atoms with Crippen LogP contribution in [0.15, 0.2) is 82.8 Å². The summed E-state index contributed by atoms with van der Waals surface area (Å²) in [6.45, 7) is 0.442. The molecule has 0 saturated heterocycles. The third kappa shape index (κ3) is 6.60. The lowest BCUT2D eigenvalue weighted by molar-refractivity contribution is -0.121. The number of carbonyl (C=O) groups is 1. The molecule has 0 aliphatic carbocycles. The van der Waals surface area contributed by atoms with Crippen LogP contribution in [0.1, 0.15) is 11.1 Å². The molecule has 1 aliphatic rings. The smallest absolute Gasteiger partial charge is 0.255 e. The van der Waals surface area contributed by atoms with Crippen molar-refractivity contribution in [3.8, 4) is 11.5 Å². The van der Waals surface area contributed by atoms with Gasteiger partial charge in [-0.1, -0.05) is 54.1 Å². The molecule has 182 valence electrons. The molecule has 4 rings (SSSR count). The molecule has 1 aliphatic heterocycles. The van der Waals surface area contributed by atoms with Gasteiger partial charge in [0, 0.05) is 17.6 Å². The van der Waals surface area contributed by atoms with Crippen molar-refractivity contribution in [3.05, 3.63) is 88.9 Å². The van der Waals surface area contributed by atoms with Crippen molar-refractivity contribution in [3.63, 3.8) is 0 Å². The number of nitrogens with one attached hydrogen (secondary N) is 1. The van der Waals surface area contributed by atoms with Crippen LogP contribution in [0, 0.1) is 0 Å². The monoisotopic (exact) mass is 513 g/mol. The summed E-state index contributed by atoms with van der Waals surface area (Å²) in [5.74, 6) is 0.280. The predicted molar refractivity (Wildman–Crippen MR) is 134 cm³/mol. The van der Waals surface area contributed by atoms with Gasteiger partial charge in [-0.05, 0) is 41.8 Å². The largest absolute Gasteiger partial charge is 0.486 e. The molecule has 0 radical (unpaired) electrons. The average molecular weight is 514 g/mol. The van der Waals surface area contributed by atoms with Gasteiger partial charge in [-0.15, -0.1) is 0 Å². The summed E-state index contributed by atoms with van der Waals surface area (Å²) >= 11 is 5.87. The highest BCUT2D eigenvalue weighted by molar-refractivity contribution is 7.89. The molecule has 1 heterocycles. The molecule has 0 atom stereocenters. The number of carbonyl (C=O) groups excluding carboxylic acids is 1. The van der Waals surface area contributed by atoms with Gasteiger partial charge >= 0.3 is 0 Å². The summed E-state index contributed by atoms with van der Waals surface area (Å²) in [6, 6.07) is 20.8. The number of fused-ring (bicyclic) bond motifs is 1. The van der Waals surface area contributed by atoms with Crippen LogP contribution in [0.5, 0.6) is 11.5 Å². The van der Waals surface area contributed by atoms with Gasteiger partial charge in [-0.25, -0.2) is 13.8 Å². The summed E-state index contributed by atoms with van der Waals surface area (Å²) in [5.41, 5.74) is 4.08. The number of amides is 1. The maximum Gasteiger partial charge on any atom is 0.255 e. The maximum atomic E-state index is 13.5. The highest BCUT2D eigenvalue weighted by atomic mass is 35.5. The second-order valence-electron chi connectivity index (χ2n) is 7.72. The van der Waals surface area contributed by atoms with Gasteiger partial charge in [0.25, 0.3) is 5.91 Å². The molecule has 0 saturated carbocycles. The summed E-state index contributed by atoms with van der Waals surface area (Å²) in [6.07, 6.45) is 1.89. The third-order valence-corrected chi connectivity index (χ3v) is 7.33. The van der Waals surface area contributed by atoms with Gasteiger partial charge in [0.1, 0.15) is 13.2 Å². The van der Waals surface area contributed by atoms with E-state index >= 15 is 0 Å². The van der Waals surface area contributed by atoms with Crippen LogP contribution in [0.2, 0.25) is 5.02 Å². The number of halogens is 1. The van der Waals surface area contributed by atoms with Gasteiger partial charge in [-0.3, -0.25) is 4.79 Å². The summed E-state index contributed by atoms with van der Waals surface area (Å²) < 4.78 is 39.2. The molecule has 0 fully saturated rings. The van der Waals surface area contributed by atoms with Crippen molar-refractivity contribution in [1.29, 1.82) is 0 Å². The van der Waals surface area contributed by atoms with Crippen molar-refractivity contribution in [2.75, 3.05) is 26.3 Å². The van der Waals surface area contributed by atoms with E-state index in [-0.39, 0.29) is 11.4 Å². The van der Waals surface area contributed by atoms with Crippen LogP contribution >= 0.6 is 11.6 Å². The van der Waals surface area contributed by atoms with E-state index in [2.05, 4.69) is 10.5 Å². The fourth-order valence-electron chi connectivity index (χ4n) is 3.44. The number of hydrogen-bond acceptors (Lipinski definition) is 6. The lowest BCUT2D eigenvalue weighted by Crippen LogP contribution is -2.40. The van der Waals surface area contributed by atoms with Gasteiger partial charge in [0.05, 0.1) is 17.7 Å². The van der Waals surface area contributed by atoms with E-state index in [0.29, 0.717) is 36.2 Å². The normalized spacial score (nSPS) is 13.2. The summed E-state index contributed by atoms with van der Waals surface area (Å²) in [7, 11) is -4.01. The molecule has 0 spiro atoms. The Hall–Kier alpha value is -3.40. The van der Waals surface area contributed by atoms with Crippen molar-refractivity contribution in [2.24, 2.45) is 5.10 Å². The molecule has 0 aromatic heterocycles. The maximum absolute atomic E-state index is 13.5. The van der Waals surface area contributed by atoms with Gasteiger partial charge in [-0.2, -0.15) is 9.41 Å². The molecule has 10 heteroatoms. The number of nitrogens with zero attached hydrogens (tertiary/aromatic N) is 2. The van der Waals surface area contributed by atoms with Crippen molar-refractivity contribution >= 4 is 33.7 Å². The molecule has 3 aromatic carbocycles. The number of benzene rings is 3. The highest BCUT2D eigenvalue weighted by Crippen LogP contribution is 2.33. The van der Waals surface area contributed by atoms with Gasteiger partial charge in [0.15, 0.2) is 11.5 Å². The zero-order valence-corrected chi connectivity index (χ0v) is 20.3. The fourth-order valence-corrected chi connectivity index (χ4v) is 4.98. The molecule has 1 amide bonds. The van der Waals surface area contributed by atoms with Crippen molar-refractivity contribution in [1.82, 2.24) is 9.73 Å². The Morgan fingerprint density at radius 2 is 1.71 bits per heavy atom. The minimum Gasteiger partial charge on any atom is -0.486 e. The minimum atomic E-state index is -4.01. The fraction of sp³-hybridized carbons (Fsp3) is 0.200. The molecular weight excluding hydrogens is 490 g/mol.